The van der Waals surface area contributed by atoms with Crippen LogP contribution in [0.3, 0.4) is 0 Å². The lowest BCUT2D eigenvalue weighted by Gasteiger charge is -2.34. The zero-order chi connectivity index (χ0) is 72.3. The SMILES string of the molecule is CC[C@H](C)C1NC(=O)[C@@H](CCCNC(=N)N)NC(=O)[C@H](CC(C)C)NC(=O)[C@H]([C@H](O)C(C)C)NC(=O)[C@@H](NC(=O)[C@H](CC(C)C)NC(=O)[C@H](N)[C@H](C)OCc2ccccc2)[C@@H](c2ccccc2)OC(=O)[C@H](CO)NC(=O)[C@H]([C@H](O)C(N)=O)NC(=O)CNC(=O)C([C@H](C)O)NC1=O. The molecule has 0 radical (unpaired) electrons. The van der Waals surface area contributed by atoms with Crippen LogP contribution in [0, 0.1) is 29.1 Å². The second kappa shape index (κ2) is 39.9. The molecule has 0 aliphatic carbocycles. The number of benzene rings is 2. The summed E-state index contributed by atoms with van der Waals surface area (Å²) in [5, 5.41) is 78.5. The summed E-state index contributed by atoms with van der Waals surface area (Å²) in [4.78, 5) is 171. The number of rotatable bonds is 25. The van der Waals surface area contributed by atoms with E-state index in [0.29, 0.717) is 0 Å². The third kappa shape index (κ3) is 26.0. The minimum absolute atomic E-state index is 0.00687. The average molecular weight is 1350 g/mol. The van der Waals surface area contributed by atoms with E-state index in [-0.39, 0.29) is 56.7 Å². The van der Waals surface area contributed by atoms with Crippen molar-refractivity contribution in [2.45, 2.75) is 199 Å². The summed E-state index contributed by atoms with van der Waals surface area (Å²) >= 11 is 0. The first-order chi connectivity index (χ1) is 45.1. The minimum Gasteiger partial charge on any atom is -0.453 e. The molecule has 0 spiro atoms. The van der Waals surface area contributed by atoms with Crippen LogP contribution in [-0.4, -0.2) is 202 Å². The van der Waals surface area contributed by atoms with E-state index in [1.54, 1.807) is 71.9 Å². The van der Waals surface area contributed by atoms with Crippen molar-refractivity contribution in [1.29, 1.82) is 5.41 Å². The van der Waals surface area contributed by atoms with Gasteiger partial charge in [-0.25, -0.2) is 4.79 Å². The molecule has 3 rings (SSSR count). The van der Waals surface area contributed by atoms with E-state index >= 15 is 4.79 Å². The summed E-state index contributed by atoms with van der Waals surface area (Å²) in [5.41, 5.74) is 17.9. The summed E-state index contributed by atoms with van der Waals surface area (Å²) < 4.78 is 11.8. The number of carbonyl (C=O) groups excluding carboxylic acids is 12. The minimum atomic E-state index is -2.59. The summed E-state index contributed by atoms with van der Waals surface area (Å²) in [6.45, 7) is 13.3. The Labute approximate surface area is 557 Å². The van der Waals surface area contributed by atoms with E-state index < -0.39 is 199 Å². The number of guanidine groups is 1. The van der Waals surface area contributed by atoms with Gasteiger partial charge in [0.1, 0.15) is 54.4 Å². The number of carbonyl (C=O) groups is 12. The van der Waals surface area contributed by atoms with Gasteiger partial charge in [0.05, 0.1) is 38.1 Å². The third-order valence-corrected chi connectivity index (χ3v) is 15.6. The molecular formula is C63H99N15O18. The number of nitrogens with two attached hydrogens (primary N) is 3. The second-order valence-electron chi connectivity index (χ2n) is 24.9. The Balaban J connectivity index is 2.39. The Morgan fingerprint density at radius 2 is 1.22 bits per heavy atom. The van der Waals surface area contributed by atoms with Crippen molar-refractivity contribution in [2.24, 2.45) is 40.9 Å². The van der Waals surface area contributed by atoms with Crippen LogP contribution in [0.25, 0.3) is 0 Å². The predicted molar refractivity (Wildman–Crippen MR) is 347 cm³/mol. The Bertz CT molecular complexity index is 2960. The van der Waals surface area contributed by atoms with Crippen LogP contribution in [0.2, 0.25) is 0 Å². The van der Waals surface area contributed by atoms with Crippen molar-refractivity contribution in [3.05, 3.63) is 71.8 Å². The smallest absolute Gasteiger partial charge is 0.331 e. The molecule has 0 saturated carbocycles. The van der Waals surface area contributed by atoms with Gasteiger partial charge in [-0.2, -0.15) is 0 Å². The first-order valence-corrected chi connectivity index (χ1v) is 31.8. The van der Waals surface area contributed by atoms with Crippen molar-refractivity contribution >= 4 is 76.9 Å². The molecule has 2 unspecified atom stereocenters. The number of aliphatic hydroxyl groups excluding tert-OH is 4. The lowest BCUT2D eigenvalue weighted by molar-refractivity contribution is -0.159. The van der Waals surface area contributed by atoms with E-state index in [4.69, 9.17) is 32.1 Å². The summed E-state index contributed by atoms with van der Waals surface area (Å²) in [5.74, 6) is -17.7. The second-order valence-corrected chi connectivity index (χ2v) is 24.9. The quantitative estimate of drug-likeness (QED) is 0.0192. The van der Waals surface area contributed by atoms with Crippen LogP contribution in [0.4, 0.5) is 0 Å². The van der Waals surface area contributed by atoms with Crippen LogP contribution >= 0.6 is 0 Å². The lowest BCUT2D eigenvalue weighted by atomic mass is 9.95. The standard InChI is InChI=1S/C63H99N15O18/c1-11-33(8)44-58(90)76-45(34(9)80)57(89)69-27-42(81)74-47(50(83)52(65)84)60(92)73-41(28-79)62(94)96-51(37-21-16-13-17-22-37)48(78-55(87)40(26-31(4)5)71-56(88)43(64)35(10)95-29-36-19-14-12-15-20-36)61(93)77-46(49(82)32(6)7)59(91)72-39(25-30(2)3)54(86)70-38(53(85)75-44)23-18-24-68-63(66)67/h12-17,19-22,30-35,38-41,43-51,79-80,82-83H,11,18,23-29,64H2,1-10H3,(H2,65,84)(H,69,89)(H,70,86)(H,71,88)(H,72,91)(H,73,92)(H,74,81)(H,75,85)(H,76,90)(H,77,93)(H,78,87)(H4,66,67,68)/t33-,34-,35-,38+,39-,40-,41-,43+,44?,45?,46-,47-,48-,49+,50-,51+/m0/s1. The molecule has 33 heteroatoms. The van der Waals surface area contributed by atoms with Gasteiger partial charge in [-0.05, 0) is 74.3 Å². The molecule has 16 atom stereocenters. The van der Waals surface area contributed by atoms with Crippen LogP contribution in [0.5, 0.6) is 0 Å². The topological polar surface area (TPSA) is 538 Å². The molecule has 22 N–H and O–H groups in total. The van der Waals surface area contributed by atoms with Crippen LogP contribution in [0.1, 0.15) is 119 Å². The highest BCUT2D eigenvalue weighted by molar-refractivity contribution is 6.00. The molecule has 11 amide bonds. The molecule has 2 aromatic rings. The maximum atomic E-state index is 15.5. The molecule has 33 nitrogen and oxygen atoms in total. The highest BCUT2D eigenvalue weighted by atomic mass is 16.5. The van der Waals surface area contributed by atoms with Gasteiger partial charge in [-0.1, -0.05) is 122 Å². The highest BCUT2D eigenvalue weighted by Crippen LogP contribution is 2.25. The van der Waals surface area contributed by atoms with E-state index in [2.05, 4.69) is 47.9 Å². The number of aliphatic hydroxyl groups is 4. The van der Waals surface area contributed by atoms with E-state index in [0.717, 1.165) is 12.5 Å². The third-order valence-electron chi connectivity index (χ3n) is 15.6. The van der Waals surface area contributed by atoms with Gasteiger partial charge in [0, 0.05) is 6.54 Å². The van der Waals surface area contributed by atoms with E-state index in [1.807, 2.05) is 10.6 Å². The molecular weight excluding hydrogens is 1250 g/mol. The Morgan fingerprint density at radius 3 is 1.77 bits per heavy atom. The molecule has 1 heterocycles. The molecule has 0 bridgehead atoms. The summed E-state index contributed by atoms with van der Waals surface area (Å²) in [6, 6.07) is -2.36. The van der Waals surface area contributed by atoms with Crippen molar-refractivity contribution in [3.8, 4) is 0 Å². The number of ether oxygens (including phenoxy) is 2. The van der Waals surface area contributed by atoms with Gasteiger partial charge >= 0.3 is 5.97 Å². The van der Waals surface area contributed by atoms with Crippen molar-refractivity contribution in [2.75, 3.05) is 19.7 Å². The highest BCUT2D eigenvalue weighted by Gasteiger charge is 2.44. The Morgan fingerprint density at radius 1 is 0.667 bits per heavy atom. The van der Waals surface area contributed by atoms with Gasteiger partial charge in [0.15, 0.2) is 24.2 Å². The molecule has 1 aliphatic heterocycles. The Kier molecular flexibility index (Phi) is 33.8. The number of esters is 1. The average Bonchev–Trinajstić information content (AvgIpc) is 0.818. The fraction of sp³-hybridized carbons (Fsp3) is 0.603. The lowest BCUT2D eigenvalue weighted by Crippen LogP contribution is -2.64. The monoisotopic (exact) mass is 1350 g/mol. The molecule has 1 saturated heterocycles. The summed E-state index contributed by atoms with van der Waals surface area (Å²) in [6.07, 6.45) is -9.35. The van der Waals surface area contributed by atoms with Gasteiger partial charge in [-0.3, -0.25) is 58.1 Å². The number of hydrogen-bond donors (Lipinski definition) is 19. The fourth-order valence-corrected chi connectivity index (χ4v) is 9.77. The van der Waals surface area contributed by atoms with Crippen molar-refractivity contribution in [1.82, 2.24) is 58.5 Å². The van der Waals surface area contributed by atoms with Crippen molar-refractivity contribution < 1.29 is 87.4 Å². The molecule has 1 fully saturated rings. The zero-order valence-corrected chi connectivity index (χ0v) is 55.8. The normalized spacial score (nSPS) is 24.1. The van der Waals surface area contributed by atoms with Crippen LogP contribution in [0.15, 0.2) is 60.7 Å². The number of nitrogens with one attached hydrogen (secondary N) is 12. The zero-order valence-electron chi connectivity index (χ0n) is 55.8. The fourth-order valence-electron chi connectivity index (χ4n) is 9.77. The molecule has 1 aliphatic rings. The first-order valence-electron chi connectivity index (χ1n) is 31.8. The summed E-state index contributed by atoms with van der Waals surface area (Å²) in [7, 11) is 0. The Hall–Kier alpha value is -8.89. The van der Waals surface area contributed by atoms with Crippen molar-refractivity contribution in [3.63, 3.8) is 0 Å². The molecule has 534 valence electrons. The van der Waals surface area contributed by atoms with Gasteiger partial charge < -0.3 is 106 Å². The first kappa shape index (κ1) is 81.3. The van der Waals surface area contributed by atoms with Gasteiger partial charge in [0.2, 0.25) is 65.0 Å². The maximum Gasteiger partial charge on any atom is 0.331 e. The van der Waals surface area contributed by atoms with E-state index in [9.17, 15) is 73.2 Å². The number of cyclic esters (lactones) is 1. The van der Waals surface area contributed by atoms with Crippen LogP contribution < -0.4 is 75.7 Å². The number of hydrogen-bond acceptors (Lipinski definition) is 20. The molecule has 96 heavy (non-hydrogen) atoms. The maximum absolute atomic E-state index is 15.5. The number of primary amides is 1. The van der Waals surface area contributed by atoms with E-state index in [1.165, 1.54) is 51.1 Å². The van der Waals surface area contributed by atoms with Gasteiger partial charge in [-0.15, -0.1) is 0 Å². The largest absolute Gasteiger partial charge is 0.453 e. The molecule has 2 aromatic carbocycles. The number of amides is 11. The predicted octanol–water partition coefficient (Wildman–Crippen LogP) is -4.67. The van der Waals surface area contributed by atoms with Gasteiger partial charge in [0.25, 0.3) is 0 Å². The van der Waals surface area contributed by atoms with Crippen LogP contribution in [-0.2, 0) is 73.6 Å². The molecule has 0 aromatic heterocycles.